The second-order valence-electron chi connectivity index (χ2n) is 4.13. The Labute approximate surface area is 112 Å². The standard InChI is InChI=1S/C12H10ClFN2OS/c13-11-5-16-12(18-11)10-4-8(15)7-2-1-6(14)3-9(7)17-10/h1-3,5,8,10H,4,15H2. The van der Waals surface area contributed by atoms with Gasteiger partial charge in [0.05, 0.1) is 6.20 Å². The number of ether oxygens (including phenoxy) is 1. The molecule has 2 atom stereocenters. The molecule has 2 N–H and O–H groups in total. The SMILES string of the molecule is NC1CC(c2ncc(Cl)s2)Oc2cc(F)ccc21. The van der Waals surface area contributed by atoms with Crippen molar-refractivity contribution in [3.63, 3.8) is 0 Å². The van der Waals surface area contributed by atoms with Gasteiger partial charge in [-0.05, 0) is 6.07 Å². The van der Waals surface area contributed by atoms with Gasteiger partial charge >= 0.3 is 0 Å². The zero-order valence-electron chi connectivity index (χ0n) is 9.27. The van der Waals surface area contributed by atoms with Gasteiger partial charge in [0.15, 0.2) is 6.10 Å². The fraction of sp³-hybridized carbons (Fsp3) is 0.250. The van der Waals surface area contributed by atoms with Crippen LogP contribution in [-0.4, -0.2) is 4.98 Å². The van der Waals surface area contributed by atoms with Gasteiger partial charge in [-0.2, -0.15) is 0 Å². The van der Waals surface area contributed by atoms with Crippen molar-refractivity contribution in [2.45, 2.75) is 18.6 Å². The topological polar surface area (TPSA) is 48.1 Å². The summed E-state index contributed by atoms with van der Waals surface area (Å²) in [4.78, 5) is 4.18. The van der Waals surface area contributed by atoms with Crippen molar-refractivity contribution in [3.8, 4) is 5.75 Å². The van der Waals surface area contributed by atoms with Gasteiger partial charge in [0.25, 0.3) is 0 Å². The largest absolute Gasteiger partial charge is 0.483 e. The van der Waals surface area contributed by atoms with Crippen LogP contribution in [0.2, 0.25) is 4.34 Å². The molecule has 2 heterocycles. The first kappa shape index (κ1) is 11.9. The summed E-state index contributed by atoms with van der Waals surface area (Å²) in [7, 11) is 0. The van der Waals surface area contributed by atoms with Crippen molar-refractivity contribution in [3.05, 3.63) is 45.1 Å². The molecule has 1 aliphatic heterocycles. The van der Waals surface area contributed by atoms with E-state index in [1.54, 1.807) is 12.3 Å². The molecule has 0 saturated carbocycles. The summed E-state index contributed by atoms with van der Waals surface area (Å²) in [5.74, 6) is 0.156. The molecule has 0 radical (unpaired) electrons. The molecule has 0 amide bonds. The summed E-state index contributed by atoms with van der Waals surface area (Å²) in [6, 6.07) is 4.24. The number of benzene rings is 1. The molecule has 2 unspecified atom stereocenters. The lowest BCUT2D eigenvalue weighted by Gasteiger charge is -2.29. The van der Waals surface area contributed by atoms with Crippen LogP contribution in [0.25, 0.3) is 0 Å². The highest BCUT2D eigenvalue weighted by Crippen LogP contribution is 2.41. The molecule has 94 valence electrons. The number of aromatic nitrogens is 1. The van der Waals surface area contributed by atoms with E-state index >= 15 is 0 Å². The summed E-state index contributed by atoms with van der Waals surface area (Å²) in [5.41, 5.74) is 6.90. The van der Waals surface area contributed by atoms with Crippen LogP contribution in [0.1, 0.15) is 29.1 Å². The molecule has 18 heavy (non-hydrogen) atoms. The molecule has 1 aromatic carbocycles. The van der Waals surface area contributed by atoms with Gasteiger partial charge in [-0.3, -0.25) is 0 Å². The predicted octanol–water partition coefficient (Wildman–Crippen LogP) is 3.46. The highest BCUT2D eigenvalue weighted by molar-refractivity contribution is 7.15. The van der Waals surface area contributed by atoms with E-state index in [0.29, 0.717) is 16.5 Å². The Kier molecular flexibility index (Phi) is 2.97. The van der Waals surface area contributed by atoms with E-state index in [2.05, 4.69) is 4.98 Å². The third-order valence-corrected chi connectivity index (χ3v) is 4.09. The second kappa shape index (κ2) is 4.50. The fourth-order valence-electron chi connectivity index (χ4n) is 2.04. The molecule has 1 aromatic heterocycles. The number of hydrogen-bond acceptors (Lipinski definition) is 4. The van der Waals surface area contributed by atoms with Crippen LogP contribution in [0.5, 0.6) is 5.75 Å². The summed E-state index contributed by atoms with van der Waals surface area (Å²) in [6.07, 6.45) is 1.94. The van der Waals surface area contributed by atoms with Crippen LogP contribution in [-0.2, 0) is 0 Å². The molecule has 6 heteroatoms. The maximum Gasteiger partial charge on any atom is 0.152 e. The summed E-state index contributed by atoms with van der Waals surface area (Å²) in [6.45, 7) is 0. The van der Waals surface area contributed by atoms with E-state index in [9.17, 15) is 4.39 Å². The first-order valence-electron chi connectivity index (χ1n) is 5.46. The Hall–Kier alpha value is -1.17. The van der Waals surface area contributed by atoms with Crippen molar-refractivity contribution in [1.82, 2.24) is 4.98 Å². The monoisotopic (exact) mass is 284 g/mol. The Balaban J connectivity index is 1.95. The van der Waals surface area contributed by atoms with E-state index in [0.717, 1.165) is 10.6 Å². The van der Waals surface area contributed by atoms with E-state index in [1.165, 1.54) is 23.5 Å². The predicted molar refractivity (Wildman–Crippen MR) is 68.4 cm³/mol. The minimum Gasteiger partial charge on any atom is -0.483 e. The maximum absolute atomic E-state index is 13.2. The lowest BCUT2D eigenvalue weighted by Crippen LogP contribution is -2.24. The number of rotatable bonds is 1. The molecular formula is C12H10ClFN2OS. The molecule has 3 rings (SSSR count). The highest BCUT2D eigenvalue weighted by atomic mass is 35.5. The van der Waals surface area contributed by atoms with E-state index in [1.807, 2.05) is 0 Å². The second-order valence-corrected chi connectivity index (χ2v) is 5.83. The zero-order valence-corrected chi connectivity index (χ0v) is 10.8. The first-order chi connectivity index (χ1) is 8.63. The van der Waals surface area contributed by atoms with Crippen LogP contribution >= 0.6 is 22.9 Å². The fourth-order valence-corrected chi connectivity index (χ4v) is 3.01. The van der Waals surface area contributed by atoms with E-state index < -0.39 is 0 Å². The van der Waals surface area contributed by atoms with Crippen LogP contribution in [0.4, 0.5) is 4.39 Å². The van der Waals surface area contributed by atoms with Crippen molar-refractivity contribution in [1.29, 1.82) is 0 Å². The molecule has 2 aromatic rings. The van der Waals surface area contributed by atoms with Crippen molar-refractivity contribution < 1.29 is 9.13 Å². The average Bonchev–Trinajstić information content (AvgIpc) is 2.75. The van der Waals surface area contributed by atoms with Crippen LogP contribution in [0.15, 0.2) is 24.4 Å². The van der Waals surface area contributed by atoms with Crippen molar-refractivity contribution >= 4 is 22.9 Å². The number of thiazole rings is 1. The maximum atomic E-state index is 13.2. The Morgan fingerprint density at radius 2 is 2.33 bits per heavy atom. The Bertz CT molecular complexity index is 589. The minimum absolute atomic E-state index is 0.179. The van der Waals surface area contributed by atoms with E-state index in [-0.39, 0.29) is 18.0 Å². The number of nitrogens with two attached hydrogens (primary N) is 1. The third kappa shape index (κ3) is 2.09. The minimum atomic E-state index is -0.334. The van der Waals surface area contributed by atoms with Gasteiger partial charge in [-0.1, -0.05) is 17.7 Å². The van der Waals surface area contributed by atoms with Gasteiger partial charge in [-0.25, -0.2) is 9.37 Å². The molecule has 0 fully saturated rings. The smallest absolute Gasteiger partial charge is 0.152 e. The summed E-state index contributed by atoms with van der Waals surface area (Å²) < 4.78 is 19.6. The third-order valence-electron chi connectivity index (χ3n) is 2.88. The van der Waals surface area contributed by atoms with Gasteiger partial charge in [0, 0.05) is 24.1 Å². The molecular weight excluding hydrogens is 275 g/mol. The van der Waals surface area contributed by atoms with E-state index in [4.69, 9.17) is 22.1 Å². The highest BCUT2D eigenvalue weighted by Gasteiger charge is 2.29. The Morgan fingerprint density at radius 3 is 3.06 bits per heavy atom. The lowest BCUT2D eigenvalue weighted by molar-refractivity contribution is 0.160. The quantitative estimate of drug-likeness (QED) is 0.872. The molecule has 0 saturated heterocycles. The van der Waals surface area contributed by atoms with Crippen molar-refractivity contribution in [2.75, 3.05) is 0 Å². The number of fused-ring (bicyclic) bond motifs is 1. The average molecular weight is 285 g/mol. The summed E-state index contributed by atoms with van der Waals surface area (Å²) in [5, 5.41) is 0.769. The molecule has 0 aliphatic carbocycles. The molecule has 0 spiro atoms. The zero-order chi connectivity index (χ0) is 12.7. The van der Waals surface area contributed by atoms with Gasteiger partial charge < -0.3 is 10.5 Å². The normalized spacial score (nSPS) is 22.4. The van der Waals surface area contributed by atoms with Gasteiger partial charge in [0.1, 0.15) is 20.9 Å². The van der Waals surface area contributed by atoms with Crippen LogP contribution in [0.3, 0.4) is 0 Å². The van der Waals surface area contributed by atoms with Crippen LogP contribution in [0, 0.1) is 5.82 Å². The van der Waals surface area contributed by atoms with Crippen LogP contribution < -0.4 is 10.5 Å². The van der Waals surface area contributed by atoms with Gasteiger partial charge in [0.2, 0.25) is 0 Å². The first-order valence-corrected chi connectivity index (χ1v) is 6.66. The molecule has 3 nitrogen and oxygen atoms in total. The Morgan fingerprint density at radius 1 is 1.50 bits per heavy atom. The van der Waals surface area contributed by atoms with Gasteiger partial charge in [-0.15, -0.1) is 11.3 Å². The number of hydrogen-bond donors (Lipinski definition) is 1. The molecule has 0 bridgehead atoms. The number of halogens is 2. The lowest BCUT2D eigenvalue weighted by atomic mass is 9.97. The van der Waals surface area contributed by atoms with Crippen molar-refractivity contribution in [2.24, 2.45) is 5.73 Å². The number of nitrogens with zero attached hydrogens (tertiary/aromatic N) is 1. The molecule has 1 aliphatic rings. The summed E-state index contributed by atoms with van der Waals surface area (Å²) >= 11 is 7.21.